The lowest BCUT2D eigenvalue weighted by Gasteiger charge is -2.16. The van der Waals surface area contributed by atoms with Gasteiger partial charge in [0.1, 0.15) is 20.7 Å². The number of sulfonamides is 1. The highest BCUT2D eigenvalue weighted by Gasteiger charge is 2.26. The van der Waals surface area contributed by atoms with E-state index in [-0.39, 0.29) is 4.21 Å². The molecule has 0 fully saturated rings. The van der Waals surface area contributed by atoms with Gasteiger partial charge in [0.15, 0.2) is 0 Å². The smallest absolute Gasteiger partial charge is 0.206 e. The minimum atomic E-state index is -3.72. The van der Waals surface area contributed by atoms with Crippen molar-refractivity contribution < 1.29 is 8.42 Å². The van der Waals surface area contributed by atoms with Crippen LogP contribution in [-0.4, -0.2) is 14.0 Å². The summed E-state index contributed by atoms with van der Waals surface area (Å²) in [5, 5.41) is 17.3. The molecule has 0 bridgehead atoms. The number of nitrogens with one attached hydrogen (secondary N) is 1. The molecular weight excluding hydrogens is 246 g/mol. The Labute approximate surface area is 98.0 Å². The maximum atomic E-state index is 11.8. The molecule has 7 heteroatoms. The third-order valence-corrected chi connectivity index (χ3v) is 4.76. The third kappa shape index (κ3) is 2.80. The zero-order valence-electron chi connectivity index (χ0n) is 8.68. The van der Waals surface area contributed by atoms with E-state index in [0.29, 0.717) is 4.88 Å². The summed E-state index contributed by atoms with van der Waals surface area (Å²) in [6.07, 6.45) is 0. The number of hydrogen-bond acceptors (Lipinski definition) is 5. The van der Waals surface area contributed by atoms with Gasteiger partial charge < -0.3 is 0 Å². The maximum absolute atomic E-state index is 11.8. The van der Waals surface area contributed by atoms with E-state index in [9.17, 15) is 8.42 Å². The zero-order chi connectivity index (χ0) is 12.4. The first-order chi connectivity index (χ1) is 7.30. The number of rotatable bonds is 3. The van der Waals surface area contributed by atoms with E-state index in [4.69, 9.17) is 10.5 Å². The van der Waals surface area contributed by atoms with Gasteiger partial charge in [-0.15, -0.1) is 11.3 Å². The second-order valence-electron chi connectivity index (χ2n) is 3.57. The van der Waals surface area contributed by atoms with Crippen molar-refractivity contribution in [2.45, 2.75) is 23.6 Å². The molecule has 0 radical (unpaired) electrons. The molecule has 16 heavy (non-hydrogen) atoms. The van der Waals surface area contributed by atoms with E-state index in [1.807, 2.05) is 12.1 Å². The Hall–Kier alpha value is -1.41. The molecule has 1 heterocycles. The summed E-state index contributed by atoms with van der Waals surface area (Å²) in [7, 11) is -3.72. The predicted octanol–water partition coefficient (Wildman–Crippen LogP) is 1.20. The Bertz CT molecular complexity index is 573. The molecule has 0 aliphatic rings. The lowest BCUT2D eigenvalue weighted by atomic mass is 10.1. The number of thiophene rings is 1. The van der Waals surface area contributed by atoms with E-state index >= 15 is 0 Å². The summed E-state index contributed by atoms with van der Waals surface area (Å²) in [6, 6.07) is 6.47. The molecule has 0 saturated heterocycles. The van der Waals surface area contributed by atoms with Crippen molar-refractivity contribution in [1.82, 2.24) is 4.72 Å². The highest BCUT2D eigenvalue weighted by Crippen LogP contribution is 2.21. The summed E-state index contributed by atoms with van der Waals surface area (Å²) in [5.41, 5.74) is -1.17. The number of nitriles is 2. The first kappa shape index (κ1) is 12.7. The molecule has 0 spiro atoms. The largest absolute Gasteiger partial charge is 0.251 e. The number of hydrogen-bond donors (Lipinski definition) is 1. The lowest BCUT2D eigenvalue weighted by Crippen LogP contribution is -2.41. The Balaban J connectivity index is 3.06. The fraction of sp³-hybridized carbons (Fsp3) is 0.333. The van der Waals surface area contributed by atoms with Crippen LogP contribution in [0.15, 0.2) is 16.3 Å². The predicted molar refractivity (Wildman–Crippen MR) is 59.0 cm³/mol. The summed E-state index contributed by atoms with van der Waals surface area (Å²) in [6.45, 7) is 2.92. The molecule has 0 atom stereocenters. The third-order valence-electron chi connectivity index (χ3n) is 1.63. The van der Waals surface area contributed by atoms with Crippen LogP contribution in [0.1, 0.15) is 18.7 Å². The Morgan fingerprint density at radius 2 is 2.00 bits per heavy atom. The van der Waals surface area contributed by atoms with E-state index < -0.39 is 15.6 Å². The van der Waals surface area contributed by atoms with Crippen LogP contribution in [0.25, 0.3) is 0 Å². The minimum Gasteiger partial charge on any atom is -0.206 e. The average molecular weight is 255 g/mol. The van der Waals surface area contributed by atoms with Gasteiger partial charge in [-0.2, -0.15) is 15.2 Å². The molecule has 1 N–H and O–H groups in total. The first-order valence-electron chi connectivity index (χ1n) is 4.26. The van der Waals surface area contributed by atoms with Crippen molar-refractivity contribution in [2.75, 3.05) is 0 Å². The van der Waals surface area contributed by atoms with Gasteiger partial charge in [0.05, 0.1) is 6.07 Å². The van der Waals surface area contributed by atoms with Gasteiger partial charge in [-0.05, 0) is 26.0 Å². The van der Waals surface area contributed by atoms with E-state index in [2.05, 4.69) is 4.72 Å². The van der Waals surface area contributed by atoms with Crippen LogP contribution in [0.4, 0.5) is 0 Å². The minimum absolute atomic E-state index is 0.0346. The molecule has 0 aromatic carbocycles. The lowest BCUT2D eigenvalue weighted by molar-refractivity contribution is 0.537. The molecular formula is C9H9N3O2S2. The molecule has 0 saturated carbocycles. The van der Waals surface area contributed by atoms with E-state index in [0.717, 1.165) is 11.3 Å². The molecule has 1 aromatic rings. The monoisotopic (exact) mass is 255 g/mol. The van der Waals surface area contributed by atoms with Crippen LogP contribution < -0.4 is 4.72 Å². The van der Waals surface area contributed by atoms with Crippen molar-refractivity contribution >= 4 is 21.4 Å². The quantitative estimate of drug-likeness (QED) is 0.878. The summed E-state index contributed by atoms with van der Waals surface area (Å²) >= 11 is 0.870. The van der Waals surface area contributed by atoms with Crippen LogP contribution in [0.3, 0.4) is 0 Å². The van der Waals surface area contributed by atoms with Crippen LogP contribution in [0, 0.1) is 22.7 Å². The highest BCUT2D eigenvalue weighted by atomic mass is 32.2. The van der Waals surface area contributed by atoms with Crippen LogP contribution in [0.2, 0.25) is 0 Å². The Kier molecular flexibility index (Phi) is 3.34. The molecule has 0 aliphatic carbocycles. The van der Waals surface area contributed by atoms with Crippen molar-refractivity contribution in [3.05, 3.63) is 17.0 Å². The summed E-state index contributed by atoms with van der Waals surface area (Å²) < 4.78 is 25.8. The van der Waals surface area contributed by atoms with Crippen molar-refractivity contribution in [2.24, 2.45) is 0 Å². The van der Waals surface area contributed by atoms with Crippen LogP contribution in [-0.2, 0) is 10.0 Å². The van der Waals surface area contributed by atoms with E-state index in [1.54, 1.807) is 0 Å². The van der Waals surface area contributed by atoms with Gasteiger partial charge in [-0.1, -0.05) is 0 Å². The Morgan fingerprint density at radius 1 is 1.38 bits per heavy atom. The summed E-state index contributed by atoms with van der Waals surface area (Å²) in [4.78, 5) is 0.315. The van der Waals surface area contributed by atoms with Gasteiger partial charge >= 0.3 is 0 Å². The summed E-state index contributed by atoms with van der Waals surface area (Å²) in [5.74, 6) is 0. The first-order valence-corrected chi connectivity index (χ1v) is 6.56. The van der Waals surface area contributed by atoms with Gasteiger partial charge in [-0.3, -0.25) is 0 Å². The van der Waals surface area contributed by atoms with Gasteiger partial charge in [0, 0.05) is 0 Å². The molecule has 1 aromatic heterocycles. The second-order valence-corrected chi connectivity index (χ2v) is 6.57. The SMILES string of the molecule is CC(C)(C#N)NS(=O)(=O)c1ccc(C#N)s1. The number of nitrogens with zero attached hydrogens (tertiary/aromatic N) is 2. The fourth-order valence-electron chi connectivity index (χ4n) is 0.934. The van der Waals surface area contributed by atoms with Crippen molar-refractivity contribution in [1.29, 1.82) is 10.5 Å². The van der Waals surface area contributed by atoms with Crippen LogP contribution in [0.5, 0.6) is 0 Å². The molecule has 0 amide bonds. The van der Waals surface area contributed by atoms with Crippen LogP contribution >= 0.6 is 11.3 Å². The molecule has 5 nitrogen and oxygen atoms in total. The standard InChI is InChI=1S/C9H9N3O2S2/c1-9(2,6-11)12-16(13,14)8-4-3-7(5-10)15-8/h3-4,12H,1-2H3. The Morgan fingerprint density at radius 3 is 2.44 bits per heavy atom. The van der Waals surface area contributed by atoms with E-state index in [1.165, 1.54) is 26.0 Å². The average Bonchev–Trinajstić information content (AvgIpc) is 2.65. The molecule has 0 aliphatic heterocycles. The molecule has 84 valence electrons. The van der Waals surface area contributed by atoms with Crippen molar-refractivity contribution in [3.63, 3.8) is 0 Å². The molecule has 0 unspecified atom stereocenters. The second kappa shape index (κ2) is 4.22. The van der Waals surface area contributed by atoms with Crippen molar-refractivity contribution in [3.8, 4) is 12.1 Å². The highest BCUT2D eigenvalue weighted by molar-refractivity contribution is 7.91. The normalized spacial score (nSPS) is 11.8. The zero-order valence-corrected chi connectivity index (χ0v) is 10.3. The fourth-order valence-corrected chi connectivity index (χ4v) is 3.37. The van der Waals surface area contributed by atoms with Gasteiger partial charge in [0.2, 0.25) is 0 Å². The topological polar surface area (TPSA) is 93.8 Å². The molecule has 1 rings (SSSR count). The van der Waals surface area contributed by atoms with Gasteiger partial charge in [-0.25, -0.2) is 8.42 Å². The van der Waals surface area contributed by atoms with Gasteiger partial charge in [0.25, 0.3) is 10.0 Å². The maximum Gasteiger partial charge on any atom is 0.251 e.